The van der Waals surface area contributed by atoms with Crippen molar-refractivity contribution >= 4 is 29.1 Å². The minimum absolute atomic E-state index is 0.155. The van der Waals surface area contributed by atoms with Gasteiger partial charge in [-0.2, -0.15) is 0 Å². The van der Waals surface area contributed by atoms with Gasteiger partial charge in [0.05, 0.1) is 12.1 Å². The van der Waals surface area contributed by atoms with E-state index in [1.807, 2.05) is 0 Å². The second-order valence-corrected chi connectivity index (χ2v) is 4.46. The molecule has 6 heteroatoms. The van der Waals surface area contributed by atoms with Crippen LogP contribution in [0.1, 0.15) is 12.8 Å². The highest BCUT2D eigenvalue weighted by Gasteiger charge is 2.26. The minimum atomic E-state index is -0.692. The Morgan fingerprint density at radius 1 is 1.33 bits per heavy atom. The molecule has 0 atom stereocenters. The van der Waals surface area contributed by atoms with E-state index >= 15 is 0 Å². The number of methoxy groups -OCH3 is 1. The summed E-state index contributed by atoms with van der Waals surface area (Å²) in [7, 11) is 1.50. The molecule has 0 aromatic heterocycles. The topological polar surface area (TPSA) is 67.4 Å². The number of amides is 2. The largest absolute Gasteiger partial charge is 0.495 e. The SMILES string of the molecule is COc1ccc(NC(=O)C(=O)NC2CC2)cc1Cl. The van der Waals surface area contributed by atoms with E-state index in [0.717, 1.165) is 12.8 Å². The molecule has 1 aromatic rings. The molecule has 0 bridgehead atoms. The third-order valence-electron chi connectivity index (χ3n) is 2.53. The summed E-state index contributed by atoms with van der Waals surface area (Å²) in [6.45, 7) is 0. The number of carbonyl (C=O) groups excluding carboxylic acids is 2. The normalized spacial score (nSPS) is 13.9. The van der Waals surface area contributed by atoms with E-state index < -0.39 is 11.8 Å². The first kappa shape index (κ1) is 12.7. The molecule has 1 aliphatic carbocycles. The summed E-state index contributed by atoms with van der Waals surface area (Å²) in [4.78, 5) is 23.0. The highest BCUT2D eigenvalue weighted by Crippen LogP contribution is 2.27. The van der Waals surface area contributed by atoms with Crippen molar-refractivity contribution < 1.29 is 14.3 Å². The highest BCUT2D eigenvalue weighted by atomic mass is 35.5. The summed E-state index contributed by atoms with van der Waals surface area (Å²) in [6, 6.07) is 4.93. The lowest BCUT2D eigenvalue weighted by molar-refractivity contribution is -0.136. The predicted octanol–water partition coefficient (Wildman–Crippen LogP) is 1.57. The molecule has 0 saturated heterocycles. The quantitative estimate of drug-likeness (QED) is 0.818. The number of anilines is 1. The summed E-state index contributed by atoms with van der Waals surface area (Å²) >= 11 is 5.91. The molecule has 2 rings (SSSR count). The van der Waals surface area contributed by atoms with Crippen molar-refractivity contribution in [3.63, 3.8) is 0 Å². The Hall–Kier alpha value is -1.75. The predicted molar refractivity (Wildman–Crippen MR) is 67.8 cm³/mol. The summed E-state index contributed by atoms with van der Waals surface area (Å²) in [5.74, 6) is -0.801. The first-order valence-corrected chi connectivity index (χ1v) is 5.93. The zero-order chi connectivity index (χ0) is 13.1. The van der Waals surface area contributed by atoms with E-state index in [9.17, 15) is 9.59 Å². The third kappa shape index (κ3) is 3.13. The summed E-state index contributed by atoms with van der Waals surface area (Å²) in [5.41, 5.74) is 0.455. The van der Waals surface area contributed by atoms with Gasteiger partial charge in [-0.3, -0.25) is 9.59 Å². The van der Waals surface area contributed by atoms with Crippen LogP contribution in [0.5, 0.6) is 5.75 Å². The van der Waals surface area contributed by atoms with Gasteiger partial charge in [0.1, 0.15) is 5.75 Å². The zero-order valence-electron chi connectivity index (χ0n) is 9.83. The molecule has 5 nitrogen and oxygen atoms in total. The van der Waals surface area contributed by atoms with Gasteiger partial charge < -0.3 is 15.4 Å². The molecule has 1 aromatic carbocycles. The standard InChI is InChI=1S/C12H13ClN2O3/c1-18-10-5-4-8(6-9(10)13)15-12(17)11(16)14-7-2-3-7/h4-7H,2-3H2,1H3,(H,14,16)(H,15,17). The number of hydrogen-bond acceptors (Lipinski definition) is 3. The van der Waals surface area contributed by atoms with Gasteiger partial charge in [-0.15, -0.1) is 0 Å². The maximum Gasteiger partial charge on any atom is 0.313 e. The first-order chi connectivity index (χ1) is 8.60. The molecule has 18 heavy (non-hydrogen) atoms. The molecular weight excluding hydrogens is 256 g/mol. The number of benzene rings is 1. The van der Waals surface area contributed by atoms with Gasteiger partial charge in [-0.05, 0) is 31.0 Å². The number of halogens is 1. The van der Waals surface area contributed by atoms with E-state index in [-0.39, 0.29) is 6.04 Å². The van der Waals surface area contributed by atoms with Crippen molar-refractivity contribution in [1.82, 2.24) is 5.32 Å². The van der Waals surface area contributed by atoms with Gasteiger partial charge in [0.25, 0.3) is 0 Å². The number of rotatable bonds is 3. The van der Waals surface area contributed by atoms with Crippen molar-refractivity contribution in [1.29, 1.82) is 0 Å². The number of hydrogen-bond donors (Lipinski definition) is 2. The summed E-state index contributed by atoms with van der Waals surface area (Å²) in [5, 5.41) is 5.45. The molecule has 0 aliphatic heterocycles. The van der Waals surface area contributed by atoms with Gasteiger partial charge in [0.2, 0.25) is 0 Å². The van der Waals surface area contributed by atoms with Crippen LogP contribution in [-0.4, -0.2) is 25.0 Å². The Morgan fingerprint density at radius 3 is 2.61 bits per heavy atom. The monoisotopic (exact) mass is 268 g/mol. The zero-order valence-corrected chi connectivity index (χ0v) is 10.6. The fourth-order valence-electron chi connectivity index (χ4n) is 1.41. The Bertz CT molecular complexity index is 486. The van der Waals surface area contributed by atoms with Crippen LogP contribution < -0.4 is 15.4 Å². The maximum absolute atomic E-state index is 11.5. The van der Waals surface area contributed by atoms with Crippen LogP contribution in [-0.2, 0) is 9.59 Å². The Balaban J connectivity index is 1.97. The van der Waals surface area contributed by atoms with Crippen molar-refractivity contribution in [3.05, 3.63) is 23.2 Å². The molecule has 0 unspecified atom stereocenters. The Morgan fingerprint density at radius 2 is 2.06 bits per heavy atom. The van der Waals surface area contributed by atoms with E-state index in [2.05, 4.69) is 10.6 Å². The van der Waals surface area contributed by atoms with Crippen LogP contribution in [0.2, 0.25) is 5.02 Å². The van der Waals surface area contributed by atoms with E-state index in [1.54, 1.807) is 12.1 Å². The molecule has 1 fully saturated rings. The summed E-state index contributed by atoms with van der Waals surface area (Å²) in [6.07, 6.45) is 1.88. The van der Waals surface area contributed by atoms with E-state index in [1.165, 1.54) is 13.2 Å². The molecule has 1 aliphatic rings. The van der Waals surface area contributed by atoms with Gasteiger partial charge in [-0.25, -0.2) is 0 Å². The van der Waals surface area contributed by atoms with Crippen molar-refractivity contribution in [2.75, 3.05) is 12.4 Å². The lowest BCUT2D eigenvalue weighted by Gasteiger charge is -2.08. The van der Waals surface area contributed by atoms with Crippen LogP contribution in [0, 0.1) is 0 Å². The highest BCUT2D eigenvalue weighted by molar-refractivity contribution is 6.40. The van der Waals surface area contributed by atoms with Gasteiger partial charge in [-0.1, -0.05) is 11.6 Å². The van der Waals surface area contributed by atoms with Crippen molar-refractivity contribution in [3.8, 4) is 5.75 Å². The first-order valence-electron chi connectivity index (χ1n) is 5.55. The van der Waals surface area contributed by atoms with Crippen LogP contribution in [0.3, 0.4) is 0 Å². The average molecular weight is 269 g/mol. The molecule has 2 amide bonds. The second-order valence-electron chi connectivity index (χ2n) is 4.05. The number of ether oxygens (including phenoxy) is 1. The Labute approximate surface area is 109 Å². The lowest BCUT2D eigenvalue weighted by atomic mass is 10.3. The van der Waals surface area contributed by atoms with Crippen molar-refractivity contribution in [2.45, 2.75) is 18.9 Å². The van der Waals surface area contributed by atoms with Crippen LogP contribution in [0.25, 0.3) is 0 Å². The molecule has 96 valence electrons. The maximum atomic E-state index is 11.5. The molecule has 1 saturated carbocycles. The van der Waals surface area contributed by atoms with Crippen LogP contribution >= 0.6 is 11.6 Å². The van der Waals surface area contributed by atoms with E-state index in [4.69, 9.17) is 16.3 Å². The minimum Gasteiger partial charge on any atom is -0.495 e. The van der Waals surface area contributed by atoms with Gasteiger partial charge in [0.15, 0.2) is 0 Å². The second kappa shape index (κ2) is 5.27. The Kier molecular flexibility index (Phi) is 3.72. The van der Waals surface area contributed by atoms with Gasteiger partial charge in [0, 0.05) is 11.7 Å². The molecule has 0 spiro atoms. The lowest BCUT2D eigenvalue weighted by Crippen LogP contribution is -2.36. The van der Waals surface area contributed by atoms with Crippen molar-refractivity contribution in [2.24, 2.45) is 0 Å². The fraction of sp³-hybridized carbons (Fsp3) is 0.333. The molecule has 0 heterocycles. The van der Waals surface area contributed by atoms with Crippen LogP contribution in [0.4, 0.5) is 5.69 Å². The van der Waals surface area contributed by atoms with Crippen LogP contribution in [0.15, 0.2) is 18.2 Å². The smallest absolute Gasteiger partial charge is 0.313 e. The number of nitrogens with one attached hydrogen (secondary N) is 2. The number of carbonyl (C=O) groups is 2. The fourth-order valence-corrected chi connectivity index (χ4v) is 1.67. The molecule has 0 radical (unpaired) electrons. The van der Waals surface area contributed by atoms with E-state index in [0.29, 0.717) is 16.5 Å². The third-order valence-corrected chi connectivity index (χ3v) is 2.82. The molecular formula is C12H13ClN2O3. The average Bonchev–Trinajstić information content (AvgIpc) is 3.13. The summed E-state index contributed by atoms with van der Waals surface area (Å²) < 4.78 is 4.99. The molecule has 2 N–H and O–H groups in total. The van der Waals surface area contributed by atoms with Gasteiger partial charge >= 0.3 is 11.8 Å².